The first-order valence-corrected chi connectivity index (χ1v) is 11.3. The fraction of sp³-hybridized carbons (Fsp3) is 0.333. The number of nitro benzene ring substituents is 2. The molecule has 3 atom stereocenters. The highest BCUT2D eigenvalue weighted by atomic mass is 16.6. The van der Waals surface area contributed by atoms with Gasteiger partial charge in [-0.05, 0) is 49.4 Å². The summed E-state index contributed by atoms with van der Waals surface area (Å²) in [5, 5.41) is 23.4. The van der Waals surface area contributed by atoms with Crippen molar-refractivity contribution in [2.24, 2.45) is 17.8 Å². The van der Waals surface area contributed by atoms with Gasteiger partial charge in [0.25, 0.3) is 29.1 Å². The molecule has 1 saturated heterocycles. The molecule has 3 amide bonds. The summed E-state index contributed by atoms with van der Waals surface area (Å²) in [4.78, 5) is 73.7. The fourth-order valence-electron chi connectivity index (χ4n) is 4.71. The van der Waals surface area contributed by atoms with E-state index in [9.17, 15) is 39.4 Å². The minimum atomic E-state index is -0.853. The first-order valence-electron chi connectivity index (χ1n) is 11.3. The Labute approximate surface area is 204 Å². The average molecular weight is 494 g/mol. The summed E-state index contributed by atoms with van der Waals surface area (Å²) in [6.45, 7) is 1.30. The third kappa shape index (κ3) is 4.57. The van der Waals surface area contributed by atoms with Crippen molar-refractivity contribution in [1.82, 2.24) is 10.0 Å². The predicted molar refractivity (Wildman–Crippen MR) is 123 cm³/mol. The first-order chi connectivity index (χ1) is 17.1. The molecule has 1 aliphatic heterocycles. The number of nitro groups is 2. The van der Waals surface area contributed by atoms with E-state index in [1.165, 1.54) is 24.3 Å². The number of imide groups is 1. The zero-order valence-corrected chi connectivity index (χ0v) is 19.2. The Kier molecular flexibility index (Phi) is 6.60. The van der Waals surface area contributed by atoms with Gasteiger partial charge in [-0.25, -0.2) is 5.01 Å². The van der Waals surface area contributed by atoms with Crippen LogP contribution in [-0.2, 0) is 9.59 Å². The number of benzene rings is 2. The van der Waals surface area contributed by atoms with E-state index >= 15 is 0 Å². The summed E-state index contributed by atoms with van der Waals surface area (Å²) < 4.78 is 0. The van der Waals surface area contributed by atoms with Gasteiger partial charge in [0.1, 0.15) is 6.54 Å². The van der Waals surface area contributed by atoms with Gasteiger partial charge < -0.3 is 0 Å². The summed E-state index contributed by atoms with van der Waals surface area (Å²) in [5.74, 6) is -3.59. The number of fused-ring (bicyclic) bond motifs is 1. The number of hydrogen-bond acceptors (Lipinski definition) is 8. The largest absolute Gasteiger partial charge is 0.292 e. The van der Waals surface area contributed by atoms with Crippen LogP contribution in [0.3, 0.4) is 0 Å². The van der Waals surface area contributed by atoms with Crippen LogP contribution < -0.4 is 0 Å². The SMILES string of the molecule is C[C@@H]1CC[C@H]2C(=O)N(N(CC(=O)c3ccc([N+](=O)[O-])cc3)C(=O)c3ccc([N+](=O)[O-])cc3)C(=O)[C@@H]2C1. The Hall–Kier alpha value is -4.48. The van der Waals surface area contributed by atoms with Crippen LogP contribution in [0.2, 0.25) is 0 Å². The van der Waals surface area contributed by atoms with Crippen LogP contribution in [0.25, 0.3) is 0 Å². The van der Waals surface area contributed by atoms with Gasteiger partial charge in [0.2, 0.25) is 0 Å². The number of nitrogens with zero attached hydrogens (tertiary/aromatic N) is 4. The highest BCUT2D eigenvalue weighted by Crippen LogP contribution is 2.41. The molecule has 0 radical (unpaired) electrons. The molecule has 1 heterocycles. The van der Waals surface area contributed by atoms with Gasteiger partial charge in [-0.15, -0.1) is 0 Å². The smallest absolute Gasteiger partial charge is 0.273 e. The number of carbonyl (C=O) groups is 4. The first kappa shape index (κ1) is 24.6. The molecule has 0 N–H and O–H groups in total. The molecule has 2 aromatic carbocycles. The number of hydrogen-bond donors (Lipinski definition) is 0. The Morgan fingerprint density at radius 3 is 1.89 bits per heavy atom. The van der Waals surface area contributed by atoms with Crippen LogP contribution >= 0.6 is 0 Å². The number of non-ortho nitro benzene ring substituents is 2. The average Bonchev–Trinajstić information content (AvgIpc) is 3.11. The molecular weight excluding hydrogens is 472 g/mol. The van der Waals surface area contributed by atoms with Crippen LogP contribution in [0, 0.1) is 38.0 Å². The number of carbonyl (C=O) groups excluding carboxylic acids is 4. The normalized spacial score (nSPS) is 21.1. The van der Waals surface area contributed by atoms with Crippen molar-refractivity contribution in [1.29, 1.82) is 0 Å². The molecular formula is C24H22N4O8. The van der Waals surface area contributed by atoms with Crippen molar-refractivity contribution in [2.75, 3.05) is 6.54 Å². The van der Waals surface area contributed by atoms with Crippen molar-refractivity contribution in [2.45, 2.75) is 26.2 Å². The number of amides is 3. The van der Waals surface area contributed by atoms with Gasteiger partial charge in [0.15, 0.2) is 5.78 Å². The lowest BCUT2D eigenvalue weighted by Gasteiger charge is -2.30. The standard InChI is InChI=1S/C24H22N4O8/c1-14-2-11-19-20(12-14)24(32)26(23(19)31)25(22(30)16-5-9-18(10-6-16)28(35)36)13-21(29)15-3-7-17(8-4-15)27(33)34/h3-10,14,19-20H,2,11-13H2,1H3/t14-,19-,20-/m1/s1. The number of Topliss-reactive ketones (excluding diaryl/α,β-unsaturated/α-hetero) is 1. The molecule has 12 heteroatoms. The molecule has 186 valence electrons. The second kappa shape index (κ2) is 9.64. The van der Waals surface area contributed by atoms with Crippen LogP contribution in [0.15, 0.2) is 48.5 Å². The van der Waals surface area contributed by atoms with E-state index in [0.29, 0.717) is 12.8 Å². The minimum absolute atomic E-state index is 0.0484. The zero-order valence-electron chi connectivity index (χ0n) is 19.2. The number of rotatable bonds is 7. The quantitative estimate of drug-likeness (QED) is 0.245. The Morgan fingerprint density at radius 1 is 0.861 bits per heavy atom. The second-order valence-corrected chi connectivity index (χ2v) is 9.01. The van der Waals surface area contributed by atoms with Crippen LogP contribution in [-0.4, -0.2) is 49.9 Å². The van der Waals surface area contributed by atoms with E-state index in [1.807, 2.05) is 6.92 Å². The van der Waals surface area contributed by atoms with Crippen LogP contribution in [0.5, 0.6) is 0 Å². The fourth-order valence-corrected chi connectivity index (χ4v) is 4.71. The van der Waals surface area contributed by atoms with E-state index in [-0.39, 0.29) is 28.4 Å². The molecule has 0 bridgehead atoms. The molecule has 4 rings (SSSR count). The van der Waals surface area contributed by atoms with Gasteiger partial charge in [-0.1, -0.05) is 6.92 Å². The van der Waals surface area contributed by atoms with Gasteiger partial charge in [-0.3, -0.25) is 39.4 Å². The van der Waals surface area contributed by atoms with Crippen molar-refractivity contribution >= 4 is 34.9 Å². The highest BCUT2D eigenvalue weighted by molar-refractivity contribution is 6.09. The third-order valence-electron chi connectivity index (χ3n) is 6.66. The molecule has 36 heavy (non-hydrogen) atoms. The van der Waals surface area contributed by atoms with Gasteiger partial charge in [0.05, 0.1) is 21.7 Å². The lowest BCUT2D eigenvalue weighted by Crippen LogP contribution is -2.52. The topological polar surface area (TPSA) is 161 Å². The second-order valence-electron chi connectivity index (χ2n) is 9.01. The highest BCUT2D eigenvalue weighted by Gasteiger charge is 2.52. The van der Waals surface area contributed by atoms with E-state index in [1.54, 1.807) is 0 Å². The van der Waals surface area contributed by atoms with Gasteiger partial charge >= 0.3 is 0 Å². The summed E-state index contributed by atoms with van der Waals surface area (Å²) in [7, 11) is 0. The van der Waals surface area contributed by atoms with E-state index < -0.39 is 51.7 Å². The maximum Gasteiger partial charge on any atom is 0.273 e. The summed E-state index contributed by atoms with van der Waals surface area (Å²) in [6, 6.07) is 9.31. The number of hydrazine groups is 1. The molecule has 2 fully saturated rings. The molecule has 1 aliphatic carbocycles. The Bertz CT molecular complexity index is 1260. The molecule has 2 aromatic rings. The van der Waals surface area contributed by atoms with Crippen molar-refractivity contribution in [3.8, 4) is 0 Å². The summed E-state index contributed by atoms with van der Waals surface area (Å²) in [6.07, 6.45) is 1.73. The van der Waals surface area contributed by atoms with Crippen molar-refractivity contribution in [3.63, 3.8) is 0 Å². The minimum Gasteiger partial charge on any atom is -0.292 e. The predicted octanol–water partition coefficient (Wildman–Crippen LogP) is 3.16. The van der Waals surface area contributed by atoms with Crippen LogP contribution in [0.4, 0.5) is 11.4 Å². The van der Waals surface area contributed by atoms with Crippen LogP contribution in [0.1, 0.15) is 46.9 Å². The van der Waals surface area contributed by atoms with E-state index in [4.69, 9.17) is 0 Å². The van der Waals surface area contributed by atoms with Crippen molar-refractivity contribution in [3.05, 3.63) is 79.9 Å². The Balaban J connectivity index is 1.68. The van der Waals surface area contributed by atoms with Gasteiger partial charge in [-0.2, -0.15) is 5.01 Å². The maximum absolute atomic E-state index is 13.5. The third-order valence-corrected chi connectivity index (χ3v) is 6.66. The molecule has 0 unspecified atom stereocenters. The monoisotopic (exact) mass is 494 g/mol. The molecule has 2 aliphatic rings. The lowest BCUT2D eigenvalue weighted by atomic mass is 9.76. The van der Waals surface area contributed by atoms with Crippen molar-refractivity contribution < 1.29 is 29.0 Å². The maximum atomic E-state index is 13.5. The molecule has 0 spiro atoms. The number of ketones is 1. The summed E-state index contributed by atoms with van der Waals surface area (Å²) >= 11 is 0. The van der Waals surface area contributed by atoms with Gasteiger partial charge in [0, 0.05) is 35.4 Å². The van der Waals surface area contributed by atoms with E-state index in [0.717, 1.165) is 40.7 Å². The lowest BCUT2D eigenvalue weighted by molar-refractivity contribution is -0.385. The summed E-state index contributed by atoms with van der Waals surface area (Å²) in [5.41, 5.74) is -0.491. The zero-order chi connectivity index (χ0) is 26.1. The molecule has 1 saturated carbocycles. The van der Waals surface area contributed by atoms with E-state index in [2.05, 4.69) is 0 Å². The Morgan fingerprint density at radius 2 is 1.36 bits per heavy atom. The molecule has 12 nitrogen and oxygen atoms in total. The molecule has 0 aromatic heterocycles.